The molecule has 1 spiro atoms. The molecule has 2 fully saturated rings. The van der Waals surface area contributed by atoms with Gasteiger partial charge >= 0.3 is 5.97 Å². The molecule has 1 saturated carbocycles. The molecule has 2 aliphatic carbocycles. The van der Waals surface area contributed by atoms with Crippen molar-refractivity contribution in [2.75, 3.05) is 7.11 Å². The Hall–Kier alpha value is -0.870. The van der Waals surface area contributed by atoms with Crippen molar-refractivity contribution in [3.8, 4) is 0 Å². The van der Waals surface area contributed by atoms with Crippen LogP contribution in [0, 0.1) is 17.3 Å². The second-order valence-corrected chi connectivity index (χ2v) is 7.10. The summed E-state index contributed by atoms with van der Waals surface area (Å²) < 4.78 is 17.3. The first-order valence-corrected chi connectivity index (χ1v) is 8.01. The summed E-state index contributed by atoms with van der Waals surface area (Å²) in [5, 5.41) is 0. The highest BCUT2D eigenvalue weighted by atomic mass is 16.8. The van der Waals surface area contributed by atoms with Gasteiger partial charge in [-0.15, -0.1) is 0 Å². The van der Waals surface area contributed by atoms with Gasteiger partial charge in [-0.2, -0.15) is 0 Å². The first kappa shape index (κ1) is 15.0. The van der Waals surface area contributed by atoms with Crippen molar-refractivity contribution in [3.05, 3.63) is 11.6 Å². The second-order valence-electron chi connectivity index (χ2n) is 7.10. The van der Waals surface area contributed by atoms with E-state index in [0.717, 1.165) is 24.8 Å². The molecule has 118 valence electrons. The lowest BCUT2D eigenvalue weighted by Gasteiger charge is -2.39. The number of methoxy groups -OCH3 is 1. The van der Waals surface area contributed by atoms with Crippen LogP contribution in [0.25, 0.3) is 0 Å². The fraction of sp³-hybridized carbons (Fsp3) is 0.824. The van der Waals surface area contributed by atoms with Crippen molar-refractivity contribution in [1.29, 1.82) is 0 Å². The van der Waals surface area contributed by atoms with Gasteiger partial charge in [0, 0.05) is 6.42 Å². The minimum atomic E-state index is -0.635. The summed E-state index contributed by atoms with van der Waals surface area (Å²) >= 11 is 0. The zero-order valence-corrected chi connectivity index (χ0v) is 13.6. The van der Waals surface area contributed by atoms with Crippen molar-refractivity contribution in [3.63, 3.8) is 0 Å². The zero-order valence-electron chi connectivity index (χ0n) is 13.6. The predicted octanol–water partition coefficient (Wildman–Crippen LogP) is 3.06. The van der Waals surface area contributed by atoms with Crippen molar-refractivity contribution in [1.82, 2.24) is 0 Å². The molecule has 0 radical (unpaired) electrons. The van der Waals surface area contributed by atoms with Gasteiger partial charge in [-0.25, -0.2) is 0 Å². The molecule has 0 N–H and O–H groups in total. The van der Waals surface area contributed by atoms with Crippen LogP contribution in [-0.4, -0.2) is 31.1 Å². The largest absolute Gasteiger partial charge is 0.468 e. The molecule has 21 heavy (non-hydrogen) atoms. The van der Waals surface area contributed by atoms with E-state index in [2.05, 4.69) is 19.9 Å². The van der Waals surface area contributed by atoms with E-state index >= 15 is 0 Å². The Morgan fingerprint density at radius 1 is 1.19 bits per heavy atom. The second kappa shape index (κ2) is 4.82. The molecule has 1 heterocycles. The SMILES string of the molecule is COC(=O)C12CCC3(C=C1C(C)C(C)C2)OC(C)C(C)O3. The summed E-state index contributed by atoms with van der Waals surface area (Å²) in [5.74, 6) is 0.102. The van der Waals surface area contributed by atoms with Crippen molar-refractivity contribution in [2.24, 2.45) is 17.3 Å². The van der Waals surface area contributed by atoms with Gasteiger partial charge < -0.3 is 14.2 Å². The molecular weight excluding hydrogens is 268 g/mol. The number of carbonyl (C=O) groups is 1. The van der Waals surface area contributed by atoms with E-state index in [1.54, 1.807) is 0 Å². The standard InChI is InChI=1S/C17H26O4/c1-10-8-16(15(18)19-5)6-7-17(9-14(16)11(10)2)20-12(3)13(4)21-17/h9-13H,6-8H2,1-5H3. The van der Waals surface area contributed by atoms with Gasteiger partial charge in [0.1, 0.15) is 0 Å². The van der Waals surface area contributed by atoms with E-state index in [4.69, 9.17) is 14.2 Å². The molecule has 0 amide bonds. The van der Waals surface area contributed by atoms with Crippen molar-refractivity contribution < 1.29 is 19.0 Å². The van der Waals surface area contributed by atoms with Gasteiger partial charge in [0.05, 0.1) is 24.7 Å². The number of ether oxygens (including phenoxy) is 3. The van der Waals surface area contributed by atoms with E-state index in [1.807, 2.05) is 13.8 Å². The van der Waals surface area contributed by atoms with Crippen LogP contribution in [0.1, 0.15) is 47.0 Å². The van der Waals surface area contributed by atoms with E-state index in [0.29, 0.717) is 11.8 Å². The summed E-state index contributed by atoms with van der Waals surface area (Å²) in [7, 11) is 1.49. The maximum Gasteiger partial charge on any atom is 0.315 e. The van der Waals surface area contributed by atoms with E-state index in [1.165, 1.54) is 7.11 Å². The smallest absolute Gasteiger partial charge is 0.315 e. The van der Waals surface area contributed by atoms with Crippen LogP contribution in [0.5, 0.6) is 0 Å². The van der Waals surface area contributed by atoms with Crippen molar-refractivity contribution >= 4 is 5.97 Å². The van der Waals surface area contributed by atoms with E-state index in [-0.39, 0.29) is 18.2 Å². The van der Waals surface area contributed by atoms with Crippen LogP contribution in [0.4, 0.5) is 0 Å². The monoisotopic (exact) mass is 294 g/mol. The number of esters is 1. The van der Waals surface area contributed by atoms with Gasteiger partial charge in [0.15, 0.2) is 5.79 Å². The summed E-state index contributed by atoms with van der Waals surface area (Å²) in [4.78, 5) is 12.4. The number of hydrogen-bond donors (Lipinski definition) is 0. The topological polar surface area (TPSA) is 44.8 Å². The Kier molecular flexibility index (Phi) is 3.45. The van der Waals surface area contributed by atoms with E-state index in [9.17, 15) is 4.79 Å². The molecule has 1 aliphatic heterocycles. The molecule has 1 saturated heterocycles. The summed E-state index contributed by atoms with van der Waals surface area (Å²) in [6.07, 6.45) is 4.61. The molecule has 5 unspecified atom stereocenters. The quantitative estimate of drug-likeness (QED) is 0.551. The average molecular weight is 294 g/mol. The number of rotatable bonds is 1. The van der Waals surface area contributed by atoms with E-state index < -0.39 is 11.2 Å². The molecule has 3 rings (SSSR count). The lowest BCUT2D eigenvalue weighted by Crippen LogP contribution is -2.42. The molecule has 0 aromatic carbocycles. The van der Waals surface area contributed by atoms with Crippen LogP contribution < -0.4 is 0 Å². The maximum atomic E-state index is 12.4. The van der Waals surface area contributed by atoms with Crippen LogP contribution >= 0.6 is 0 Å². The summed E-state index contributed by atoms with van der Waals surface area (Å²) in [5.41, 5.74) is 0.704. The molecular formula is C17H26O4. The minimum Gasteiger partial charge on any atom is -0.468 e. The molecule has 4 heteroatoms. The van der Waals surface area contributed by atoms with Gasteiger partial charge in [0.2, 0.25) is 0 Å². The minimum absolute atomic E-state index is 0.0848. The highest BCUT2D eigenvalue weighted by Gasteiger charge is 2.58. The summed E-state index contributed by atoms with van der Waals surface area (Å²) in [6, 6.07) is 0. The first-order valence-electron chi connectivity index (χ1n) is 8.01. The molecule has 4 nitrogen and oxygen atoms in total. The normalized spacial score (nSPS) is 49.1. The van der Waals surface area contributed by atoms with Crippen LogP contribution in [0.15, 0.2) is 11.6 Å². The highest BCUT2D eigenvalue weighted by Crippen LogP contribution is 2.58. The lowest BCUT2D eigenvalue weighted by atomic mass is 9.71. The van der Waals surface area contributed by atoms with Crippen LogP contribution in [0.3, 0.4) is 0 Å². The molecule has 0 aromatic rings. The number of carbonyl (C=O) groups excluding carboxylic acids is 1. The fourth-order valence-corrected chi connectivity index (χ4v) is 4.33. The molecule has 0 bridgehead atoms. The molecule has 0 aromatic heterocycles. The van der Waals surface area contributed by atoms with Gasteiger partial charge in [-0.05, 0) is 50.2 Å². The van der Waals surface area contributed by atoms with Crippen LogP contribution in [0.2, 0.25) is 0 Å². The predicted molar refractivity (Wildman–Crippen MR) is 78.5 cm³/mol. The third-order valence-electron chi connectivity index (χ3n) is 5.85. The highest BCUT2D eigenvalue weighted by molar-refractivity contribution is 5.82. The van der Waals surface area contributed by atoms with Crippen molar-refractivity contribution in [2.45, 2.75) is 65.0 Å². The Bertz CT molecular complexity index is 473. The third kappa shape index (κ3) is 2.07. The first-order chi connectivity index (χ1) is 9.83. The third-order valence-corrected chi connectivity index (χ3v) is 5.85. The number of hydrogen-bond acceptors (Lipinski definition) is 4. The summed E-state index contributed by atoms with van der Waals surface area (Å²) in [6.45, 7) is 8.49. The molecule has 3 aliphatic rings. The Balaban J connectivity index is 2.01. The number of fused-ring (bicyclic) bond motifs is 1. The Morgan fingerprint density at radius 3 is 2.38 bits per heavy atom. The van der Waals surface area contributed by atoms with Gasteiger partial charge in [-0.1, -0.05) is 13.8 Å². The van der Waals surface area contributed by atoms with Crippen LogP contribution in [-0.2, 0) is 19.0 Å². The Morgan fingerprint density at radius 2 is 1.81 bits per heavy atom. The van der Waals surface area contributed by atoms with Gasteiger partial charge in [-0.3, -0.25) is 4.79 Å². The lowest BCUT2D eigenvalue weighted by molar-refractivity contribution is -0.164. The van der Waals surface area contributed by atoms with Gasteiger partial charge in [0.25, 0.3) is 0 Å². The maximum absolute atomic E-state index is 12.4. The fourth-order valence-electron chi connectivity index (χ4n) is 4.33. The average Bonchev–Trinajstić information content (AvgIpc) is 2.87. The zero-order chi connectivity index (χ0) is 15.4. The Labute approximate surface area is 126 Å². The molecule has 5 atom stereocenters.